The van der Waals surface area contributed by atoms with Gasteiger partial charge >= 0.3 is 0 Å². The SMILES string of the molecule is Cc1c(OCCCN2CCN(c3cccc4cccc(F)c34)CC2)ccc2c1C(=O)NC2. The van der Waals surface area contributed by atoms with E-state index < -0.39 is 0 Å². The number of anilines is 1. The van der Waals surface area contributed by atoms with Crippen molar-refractivity contribution in [3.63, 3.8) is 0 Å². The van der Waals surface area contributed by atoms with E-state index in [1.807, 2.05) is 43.3 Å². The van der Waals surface area contributed by atoms with Crippen molar-refractivity contribution in [3.8, 4) is 5.75 Å². The average molecular weight is 434 g/mol. The number of nitrogens with one attached hydrogen (secondary N) is 1. The van der Waals surface area contributed by atoms with Gasteiger partial charge in [0.1, 0.15) is 11.6 Å². The monoisotopic (exact) mass is 433 g/mol. The van der Waals surface area contributed by atoms with E-state index >= 15 is 0 Å². The van der Waals surface area contributed by atoms with E-state index in [1.165, 1.54) is 6.07 Å². The van der Waals surface area contributed by atoms with E-state index in [9.17, 15) is 9.18 Å². The van der Waals surface area contributed by atoms with Crippen LogP contribution in [0.15, 0.2) is 48.5 Å². The van der Waals surface area contributed by atoms with Gasteiger partial charge < -0.3 is 15.0 Å². The van der Waals surface area contributed by atoms with Gasteiger partial charge in [0.15, 0.2) is 0 Å². The van der Waals surface area contributed by atoms with Gasteiger partial charge in [-0.25, -0.2) is 4.39 Å². The molecule has 5 rings (SSSR count). The van der Waals surface area contributed by atoms with Crippen LogP contribution in [0.3, 0.4) is 0 Å². The number of benzene rings is 3. The minimum Gasteiger partial charge on any atom is -0.493 e. The third kappa shape index (κ3) is 3.91. The quantitative estimate of drug-likeness (QED) is 0.594. The van der Waals surface area contributed by atoms with Gasteiger partial charge in [-0.15, -0.1) is 0 Å². The van der Waals surface area contributed by atoms with E-state index in [2.05, 4.69) is 15.1 Å². The lowest BCUT2D eigenvalue weighted by atomic mass is 10.0. The highest BCUT2D eigenvalue weighted by Gasteiger charge is 2.23. The molecule has 0 radical (unpaired) electrons. The number of carbonyl (C=O) groups excluding carboxylic acids is 1. The second kappa shape index (κ2) is 8.79. The molecule has 0 unspecified atom stereocenters. The van der Waals surface area contributed by atoms with E-state index in [1.54, 1.807) is 6.07 Å². The molecule has 0 aliphatic carbocycles. The predicted molar refractivity (Wildman–Crippen MR) is 125 cm³/mol. The first kappa shape index (κ1) is 20.8. The zero-order valence-corrected chi connectivity index (χ0v) is 18.4. The zero-order valence-electron chi connectivity index (χ0n) is 18.4. The molecular formula is C26H28FN3O2. The Morgan fingerprint density at radius 1 is 1.03 bits per heavy atom. The molecule has 2 aliphatic rings. The van der Waals surface area contributed by atoms with Gasteiger partial charge in [-0.2, -0.15) is 0 Å². The summed E-state index contributed by atoms with van der Waals surface area (Å²) in [5.74, 6) is 0.632. The molecule has 1 fully saturated rings. The normalized spacial score (nSPS) is 16.3. The molecule has 3 aromatic carbocycles. The fourth-order valence-electron chi connectivity index (χ4n) is 4.85. The fraction of sp³-hybridized carbons (Fsp3) is 0.346. The van der Waals surface area contributed by atoms with Crippen LogP contribution < -0.4 is 15.0 Å². The maximum absolute atomic E-state index is 14.5. The molecule has 0 atom stereocenters. The van der Waals surface area contributed by atoms with Gasteiger partial charge in [-0.1, -0.05) is 30.3 Å². The molecule has 0 bridgehead atoms. The number of ether oxygens (including phenoxy) is 1. The van der Waals surface area contributed by atoms with Gasteiger partial charge in [-0.05, 0) is 42.5 Å². The van der Waals surface area contributed by atoms with Crippen LogP contribution in [0, 0.1) is 12.7 Å². The van der Waals surface area contributed by atoms with Crippen LogP contribution >= 0.6 is 0 Å². The molecule has 0 spiro atoms. The summed E-state index contributed by atoms with van der Waals surface area (Å²) in [6.45, 7) is 7.80. The molecule has 32 heavy (non-hydrogen) atoms. The Kier molecular flexibility index (Phi) is 5.70. The molecule has 5 nitrogen and oxygen atoms in total. The maximum atomic E-state index is 14.5. The van der Waals surface area contributed by atoms with Crippen molar-refractivity contribution in [1.82, 2.24) is 10.2 Å². The van der Waals surface area contributed by atoms with Gasteiger partial charge in [-0.3, -0.25) is 9.69 Å². The van der Waals surface area contributed by atoms with Crippen molar-refractivity contribution in [2.24, 2.45) is 0 Å². The summed E-state index contributed by atoms with van der Waals surface area (Å²) in [7, 11) is 0. The maximum Gasteiger partial charge on any atom is 0.252 e. The van der Waals surface area contributed by atoms with Crippen molar-refractivity contribution in [3.05, 3.63) is 71.0 Å². The highest BCUT2D eigenvalue weighted by molar-refractivity contribution is 6.00. The molecule has 6 heteroatoms. The Bertz CT molecular complexity index is 1150. The number of halogens is 1. The summed E-state index contributed by atoms with van der Waals surface area (Å²) >= 11 is 0. The Morgan fingerprint density at radius 3 is 2.62 bits per heavy atom. The third-order valence-electron chi connectivity index (χ3n) is 6.59. The van der Waals surface area contributed by atoms with E-state index in [0.717, 1.165) is 78.0 Å². The lowest BCUT2D eigenvalue weighted by molar-refractivity contribution is 0.0964. The topological polar surface area (TPSA) is 44.8 Å². The number of hydrogen-bond donors (Lipinski definition) is 1. The predicted octanol–water partition coefficient (Wildman–Crippen LogP) is 4.12. The first-order chi connectivity index (χ1) is 15.6. The Labute approximate surface area is 187 Å². The van der Waals surface area contributed by atoms with Gasteiger partial charge in [0.05, 0.1) is 12.2 Å². The summed E-state index contributed by atoms with van der Waals surface area (Å²) in [6.07, 6.45) is 0.922. The molecule has 3 aromatic rings. The van der Waals surface area contributed by atoms with Crippen LogP contribution in [-0.4, -0.2) is 50.1 Å². The Hall–Kier alpha value is -3.12. The minimum absolute atomic E-state index is 0.00750. The first-order valence-electron chi connectivity index (χ1n) is 11.3. The third-order valence-corrected chi connectivity index (χ3v) is 6.59. The highest BCUT2D eigenvalue weighted by Crippen LogP contribution is 2.30. The minimum atomic E-state index is -0.156. The second-order valence-electron chi connectivity index (χ2n) is 8.55. The standard InChI is InChI=1S/C26H28FN3O2/c1-18-23(10-9-20-17-28-26(31)24(18)20)32-16-4-11-29-12-14-30(15-13-29)22-8-3-6-19-5-2-7-21(27)25(19)22/h2-3,5-10H,4,11-17H2,1H3,(H,28,31). The van der Waals surface area contributed by atoms with Crippen LogP contribution in [0.5, 0.6) is 5.75 Å². The summed E-state index contributed by atoms with van der Waals surface area (Å²) in [5.41, 5.74) is 3.72. The summed E-state index contributed by atoms with van der Waals surface area (Å²) in [5, 5.41) is 4.53. The molecule has 166 valence electrons. The lowest BCUT2D eigenvalue weighted by Gasteiger charge is -2.36. The molecule has 1 saturated heterocycles. The van der Waals surface area contributed by atoms with Gasteiger partial charge in [0, 0.05) is 55.9 Å². The van der Waals surface area contributed by atoms with Crippen molar-refractivity contribution >= 4 is 22.4 Å². The van der Waals surface area contributed by atoms with Crippen LogP contribution in [0.1, 0.15) is 27.9 Å². The molecule has 2 aliphatic heterocycles. The zero-order chi connectivity index (χ0) is 22.1. The summed E-state index contributed by atoms with van der Waals surface area (Å²) in [6, 6.07) is 15.2. The number of amides is 1. The number of fused-ring (bicyclic) bond motifs is 2. The molecule has 0 aromatic heterocycles. The lowest BCUT2D eigenvalue weighted by Crippen LogP contribution is -2.46. The van der Waals surface area contributed by atoms with Crippen LogP contribution in [-0.2, 0) is 6.54 Å². The number of hydrogen-bond acceptors (Lipinski definition) is 4. The highest BCUT2D eigenvalue weighted by atomic mass is 19.1. The Morgan fingerprint density at radius 2 is 1.81 bits per heavy atom. The van der Waals surface area contributed by atoms with E-state index in [4.69, 9.17) is 4.74 Å². The molecule has 1 amide bonds. The average Bonchev–Trinajstić information content (AvgIpc) is 3.20. The Balaban J connectivity index is 1.13. The second-order valence-corrected chi connectivity index (χ2v) is 8.55. The van der Waals surface area contributed by atoms with Gasteiger partial charge in [0.25, 0.3) is 5.91 Å². The van der Waals surface area contributed by atoms with Crippen LogP contribution in [0.4, 0.5) is 10.1 Å². The van der Waals surface area contributed by atoms with Crippen LogP contribution in [0.25, 0.3) is 10.8 Å². The van der Waals surface area contributed by atoms with Crippen molar-refractivity contribution in [1.29, 1.82) is 0 Å². The largest absolute Gasteiger partial charge is 0.493 e. The van der Waals surface area contributed by atoms with Crippen molar-refractivity contribution in [2.45, 2.75) is 19.9 Å². The molecule has 0 saturated carbocycles. The first-order valence-corrected chi connectivity index (χ1v) is 11.3. The number of rotatable bonds is 6. The van der Waals surface area contributed by atoms with E-state index in [0.29, 0.717) is 13.2 Å². The smallest absolute Gasteiger partial charge is 0.252 e. The number of piperazine rings is 1. The molecule has 1 N–H and O–H groups in total. The van der Waals surface area contributed by atoms with E-state index in [-0.39, 0.29) is 11.7 Å². The van der Waals surface area contributed by atoms with Crippen LogP contribution in [0.2, 0.25) is 0 Å². The van der Waals surface area contributed by atoms with Crippen molar-refractivity contribution in [2.75, 3.05) is 44.2 Å². The molecule has 2 heterocycles. The number of nitrogens with zero attached hydrogens (tertiary/aromatic N) is 2. The van der Waals surface area contributed by atoms with Crippen molar-refractivity contribution < 1.29 is 13.9 Å². The molecular weight excluding hydrogens is 405 g/mol. The summed E-state index contributed by atoms with van der Waals surface area (Å²) in [4.78, 5) is 16.7. The summed E-state index contributed by atoms with van der Waals surface area (Å²) < 4.78 is 20.5. The van der Waals surface area contributed by atoms with Gasteiger partial charge in [0.2, 0.25) is 0 Å². The number of carbonyl (C=O) groups is 1. The fourth-order valence-corrected chi connectivity index (χ4v) is 4.85.